The predicted octanol–water partition coefficient (Wildman–Crippen LogP) is 19.9. The van der Waals surface area contributed by atoms with Crippen LogP contribution in [0, 0.1) is 0 Å². The number of pyridine rings is 7. The van der Waals surface area contributed by atoms with Gasteiger partial charge in [-0.25, -0.2) is 19.9 Å². The summed E-state index contributed by atoms with van der Waals surface area (Å²) in [7, 11) is 0. The summed E-state index contributed by atoms with van der Waals surface area (Å²) in [6.45, 7) is 11.2. The number of H-pyrrole nitrogens is 1. The van der Waals surface area contributed by atoms with E-state index in [0.717, 1.165) is 80.0 Å². The number of carbonyl (C=O) groups is 5. The first-order chi connectivity index (χ1) is 69.4. The molecular weight excluding hydrogens is 1900 g/mol. The summed E-state index contributed by atoms with van der Waals surface area (Å²) < 4.78 is 172. The lowest BCUT2D eigenvalue weighted by molar-refractivity contribution is -0.141. The van der Waals surface area contributed by atoms with Gasteiger partial charge >= 0.3 is 24.7 Å². The predicted molar refractivity (Wildman–Crippen MR) is 531 cm³/mol. The van der Waals surface area contributed by atoms with E-state index in [0.29, 0.717) is 173 Å². The van der Waals surface area contributed by atoms with Gasteiger partial charge in [-0.1, -0.05) is 87.5 Å². The molecule has 13 aromatic rings. The SMILES string of the molecule is CC(C)(C)c1ccc(CCC(=O)Nc2ccc3cccnc3c2)cn1.O=C(CCc1ccc(C(F)(F)F)cc1)Nc1ccc(OCCO)nc1.O=C(CCc1ccc(C(F)(F)F)nc1N1CCC(O)CC1)Nc1cnc2ccccc2c1.O=C(CCc1ccc(C(F)(F)F)nc1N1CCC=NCC1)Nc1ccc2[nH]ccc2c1.O=C(CCc1ccc(C(F)(F)F)nc1N1CCC=NCC1)Nc1ccc2c(c1)OCCO2. The fourth-order valence-corrected chi connectivity index (χ4v) is 15.7. The van der Waals surface area contributed by atoms with E-state index >= 15 is 0 Å². The van der Waals surface area contributed by atoms with Crippen LogP contribution < -0.4 is 55.5 Å². The van der Waals surface area contributed by atoms with E-state index < -0.39 is 53.5 Å². The fourth-order valence-electron chi connectivity index (χ4n) is 15.7. The molecule has 1 saturated heterocycles. The summed E-state index contributed by atoms with van der Waals surface area (Å²) >= 11 is 0. The summed E-state index contributed by atoms with van der Waals surface area (Å²) in [6.07, 6.45) is -1.58. The molecule has 4 aliphatic heterocycles. The summed E-state index contributed by atoms with van der Waals surface area (Å²) in [4.78, 5) is 107. The molecule has 0 bridgehead atoms. The van der Waals surface area contributed by atoms with Gasteiger partial charge in [0, 0.05) is 164 Å². The number of aliphatic hydroxyl groups excluding tert-OH is 2. The molecule has 17 rings (SSSR count). The standard InChI is InChI=1S/C23H23F3N4O2.C22H22F3N5O.C22H23F3N4O3.C21H23N3O.C17H17F3N2O3/c24-23(25,26)20-7-5-15(22(29-20)30-11-9-18(31)10-12-30)6-8-21(32)28-17-13-16-3-1-2-4-19(16)27-14-17;23-22(24,25)19-6-2-15(21(29-19)30-12-1-9-26-11-13-30)3-7-20(31)28-17-4-5-18-16(14-17)8-10-27-18;23-22(24,25)19-6-2-15(21(28-19)29-10-1-8-26-9-11-29)3-7-20(30)27-16-4-5-17-18(14-16)32-13-12-31-17;1-21(2,3)19-10-6-15(14-23-19)7-11-20(25)24-17-9-8-16-5-4-12-22-18(16)13-17;18-17(19,20)13-4-1-12(2-5-13)3-7-15(24)22-14-6-8-16(21-11-14)25-10-9-23/h1-5,7,13-14,18,31H,6,8-12H2,(H,28,32);2,4-6,8-10,14,27H,1,3,7,11-13H2,(H,28,31);2,4-6,8,14H,1,3,7,9-13H2,(H,27,30);4-6,8-10,12-14H,7,11H2,1-3H3,(H,24,25);1-2,4-6,8,11,23H,3,7,9-10H2,(H,22,24). The Morgan fingerprint density at radius 1 is 0.421 bits per heavy atom. The molecule has 0 radical (unpaired) electrons. The molecule has 40 heteroatoms. The Labute approximate surface area is 827 Å². The van der Waals surface area contributed by atoms with Crippen LogP contribution in [0.1, 0.15) is 135 Å². The van der Waals surface area contributed by atoms with Gasteiger partial charge in [0.15, 0.2) is 11.5 Å². The monoisotopic (exact) mass is 2010 g/mol. The number of para-hydroxylation sites is 1. The number of nitrogens with one attached hydrogen (secondary N) is 6. The van der Waals surface area contributed by atoms with Gasteiger partial charge in [0.25, 0.3) is 0 Å². The number of piperidine rings is 1. The number of hydrogen-bond donors (Lipinski definition) is 8. The Kier molecular flexibility index (Phi) is 37.0. The lowest BCUT2D eigenvalue weighted by Crippen LogP contribution is -2.37. The number of aliphatic hydroxyl groups is 2. The third-order valence-corrected chi connectivity index (χ3v) is 23.2. The Morgan fingerprint density at radius 2 is 0.897 bits per heavy atom. The Balaban J connectivity index is 0.000000152. The Hall–Kier alpha value is -15.2. The van der Waals surface area contributed by atoms with Crippen molar-refractivity contribution in [3.05, 3.63) is 275 Å². The second kappa shape index (κ2) is 50.1. The van der Waals surface area contributed by atoms with Crippen molar-refractivity contribution in [3.63, 3.8) is 0 Å². The smallest absolute Gasteiger partial charge is 0.433 e. The number of aryl methyl sites for hydroxylation is 5. The minimum absolute atomic E-state index is 0.00446. The van der Waals surface area contributed by atoms with E-state index in [2.05, 4.69) is 103 Å². The maximum Gasteiger partial charge on any atom is 0.433 e. The van der Waals surface area contributed by atoms with Crippen molar-refractivity contribution in [2.75, 3.05) is 120 Å². The number of carbonyl (C=O) groups excluding carboxylic acids is 5. The molecule has 5 aromatic carbocycles. The summed E-state index contributed by atoms with van der Waals surface area (Å²) in [5.74, 6) is 1.28. The fraction of sp³-hybridized carbons (Fsp3) is 0.333. The highest BCUT2D eigenvalue weighted by molar-refractivity contribution is 5.96. The average molecular weight is 2010 g/mol. The van der Waals surface area contributed by atoms with Crippen LogP contribution in [0.4, 0.5) is 98.6 Å². The van der Waals surface area contributed by atoms with Gasteiger partial charge in [0.05, 0.1) is 66.2 Å². The lowest BCUT2D eigenvalue weighted by atomic mass is 9.91. The molecule has 12 heterocycles. The molecule has 0 aliphatic carbocycles. The van der Waals surface area contributed by atoms with Crippen molar-refractivity contribution in [1.82, 2.24) is 39.9 Å². The van der Waals surface area contributed by atoms with Crippen molar-refractivity contribution < 1.29 is 101 Å². The van der Waals surface area contributed by atoms with Crippen molar-refractivity contribution in [1.29, 1.82) is 0 Å². The van der Waals surface area contributed by atoms with Crippen LogP contribution in [0.15, 0.2) is 229 Å². The molecule has 5 amide bonds. The van der Waals surface area contributed by atoms with Gasteiger partial charge in [0.2, 0.25) is 35.4 Å². The van der Waals surface area contributed by atoms with Crippen molar-refractivity contribution in [2.24, 2.45) is 9.98 Å². The maximum atomic E-state index is 13.2. The largest absolute Gasteiger partial charge is 0.486 e. The molecule has 762 valence electrons. The number of fused-ring (bicyclic) bond motifs is 4. The van der Waals surface area contributed by atoms with Crippen LogP contribution >= 0.6 is 0 Å². The second-order valence-corrected chi connectivity index (χ2v) is 35.1. The van der Waals surface area contributed by atoms with Gasteiger partial charge in [-0.15, -0.1) is 0 Å². The number of amides is 5. The maximum absolute atomic E-state index is 13.2. The number of halogens is 12. The van der Waals surface area contributed by atoms with Crippen LogP contribution in [0.3, 0.4) is 0 Å². The number of rotatable bonds is 26. The minimum Gasteiger partial charge on any atom is -0.486 e. The number of ether oxygens (including phenoxy) is 3. The molecule has 8 aromatic heterocycles. The first-order valence-corrected chi connectivity index (χ1v) is 47.0. The zero-order chi connectivity index (χ0) is 103. The highest BCUT2D eigenvalue weighted by Crippen LogP contribution is 2.39. The number of hydrogen-bond acceptors (Lipinski definition) is 22. The number of nitrogens with zero attached hydrogens (tertiary/aromatic N) is 12. The van der Waals surface area contributed by atoms with E-state index in [1.165, 1.54) is 36.5 Å². The number of aromatic nitrogens is 8. The topological polar surface area (TPSA) is 354 Å². The van der Waals surface area contributed by atoms with E-state index in [4.69, 9.17) is 19.3 Å². The molecule has 4 aliphatic rings. The van der Waals surface area contributed by atoms with E-state index in [1.54, 1.807) is 71.0 Å². The van der Waals surface area contributed by atoms with Gasteiger partial charge in [-0.05, 0) is 195 Å². The van der Waals surface area contributed by atoms with Crippen LogP contribution in [-0.4, -0.2) is 177 Å². The molecule has 0 atom stereocenters. The lowest BCUT2D eigenvalue weighted by Gasteiger charge is -2.32. The molecule has 8 N–H and O–H groups in total. The van der Waals surface area contributed by atoms with E-state index in [1.807, 2.05) is 102 Å². The van der Waals surface area contributed by atoms with E-state index in [9.17, 15) is 81.8 Å². The first-order valence-electron chi connectivity index (χ1n) is 47.0. The number of aromatic amines is 1. The first kappa shape index (κ1) is 107. The quantitative estimate of drug-likeness (QED) is 0.0233. The summed E-state index contributed by atoms with van der Waals surface area (Å²) in [5, 5.41) is 35.3. The molecule has 0 spiro atoms. The van der Waals surface area contributed by atoms with Gasteiger partial charge in [0.1, 0.15) is 54.4 Å². The summed E-state index contributed by atoms with van der Waals surface area (Å²) in [6, 6.07) is 50.7. The zero-order valence-electron chi connectivity index (χ0n) is 79.5. The number of benzene rings is 5. The van der Waals surface area contributed by atoms with Gasteiger partial charge in [-0.2, -0.15) is 52.7 Å². The minimum atomic E-state index is -4.55. The molecule has 0 unspecified atom stereocenters. The average Bonchev–Trinajstić information content (AvgIpc) is 1.51. The van der Waals surface area contributed by atoms with Crippen LogP contribution in [0.25, 0.3) is 32.7 Å². The van der Waals surface area contributed by atoms with Crippen molar-refractivity contribution in [2.45, 2.75) is 147 Å². The highest BCUT2D eigenvalue weighted by Gasteiger charge is 2.38. The normalized spacial score (nSPS) is 13.9. The summed E-state index contributed by atoms with van der Waals surface area (Å²) in [5.41, 5.74) is 6.77. The number of anilines is 8. The van der Waals surface area contributed by atoms with Crippen LogP contribution in [-0.2, 0) is 86.2 Å². The Bertz CT molecular complexity index is 6600. The van der Waals surface area contributed by atoms with Gasteiger partial charge < -0.3 is 70.7 Å². The van der Waals surface area contributed by atoms with E-state index in [-0.39, 0.29) is 111 Å². The number of aliphatic imine (C=N–C) groups is 2. The molecular formula is C105H108F12N18O10. The third-order valence-electron chi connectivity index (χ3n) is 23.2. The Morgan fingerprint density at radius 3 is 1.43 bits per heavy atom. The van der Waals surface area contributed by atoms with Crippen molar-refractivity contribution in [3.8, 4) is 17.4 Å². The van der Waals surface area contributed by atoms with Crippen LogP contribution in [0.5, 0.6) is 17.4 Å². The second-order valence-electron chi connectivity index (χ2n) is 35.1. The van der Waals surface area contributed by atoms with Gasteiger partial charge in [-0.3, -0.25) is 48.9 Å². The van der Waals surface area contributed by atoms with Crippen LogP contribution in [0.2, 0.25) is 0 Å². The highest BCUT2D eigenvalue weighted by atomic mass is 19.4. The zero-order valence-corrected chi connectivity index (χ0v) is 79.5. The third kappa shape index (κ3) is 32.7. The van der Waals surface area contributed by atoms with Crippen molar-refractivity contribution >= 4 is 121 Å². The molecule has 145 heavy (non-hydrogen) atoms. The molecule has 0 saturated carbocycles. The molecule has 1 fully saturated rings. The molecule has 28 nitrogen and oxygen atoms in total. The number of alkyl halides is 12.